The Bertz CT molecular complexity index is 1080. The quantitative estimate of drug-likeness (QED) is 0.243. The molecular weight excluding hydrogens is 590 g/mol. The van der Waals surface area contributed by atoms with Gasteiger partial charge in [-0.3, -0.25) is 19.5 Å². The van der Waals surface area contributed by atoms with Crippen LogP contribution in [0.2, 0.25) is 0 Å². The van der Waals surface area contributed by atoms with Crippen LogP contribution in [0.25, 0.3) is 0 Å². The Morgan fingerprint density at radius 3 is 2.61 bits per heavy atom. The molecule has 12 heteroatoms. The van der Waals surface area contributed by atoms with Gasteiger partial charge in [0.05, 0.1) is 24.8 Å². The Morgan fingerprint density at radius 1 is 1.17 bits per heavy atom. The summed E-state index contributed by atoms with van der Waals surface area (Å²) in [6.45, 7) is 14.2. The van der Waals surface area contributed by atoms with Crippen molar-refractivity contribution in [2.45, 2.75) is 116 Å². The standard InChI is InChI=1S/C34H60F2N8O2/c1-6-7-8-9-22(2)27-11-10-25(35)18-39-23(3)29(31(37)41-27)32(45)42-28-20-38-19-26(36)30(28)43-15-12-24(13-16-43)33(46)44-17-14-40-34(4,5)21-44/h11,22,24-26,28-31,38,40-41H,6-10,12-21,37H2,1-5H3,(H,42,45)/b27-11-,39-23?. The second kappa shape index (κ2) is 16.8. The number of nitrogens with one attached hydrogen (secondary N) is 4. The summed E-state index contributed by atoms with van der Waals surface area (Å²) in [6, 6.07) is -1.02. The molecule has 6 N–H and O–H groups in total. The molecule has 4 rings (SSSR count). The molecule has 0 saturated carbocycles. The van der Waals surface area contributed by atoms with E-state index in [4.69, 9.17) is 5.73 Å². The van der Waals surface area contributed by atoms with Crippen LogP contribution in [0.4, 0.5) is 8.78 Å². The van der Waals surface area contributed by atoms with Crippen LogP contribution in [0.15, 0.2) is 16.8 Å². The number of alkyl halides is 2. The largest absolute Gasteiger partial charge is 0.372 e. The molecule has 10 nitrogen and oxygen atoms in total. The number of amides is 2. The van der Waals surface area contributed by atoms with E-state index in [-0.39, 0.29) is 48.7 Å². The van der Waals surface area contributed by atoms with Crippen LogP contribution in [0.3, 0.4) is 0 Å². The van der Waals surface area contributed by atoms with Gasteiger partial charge in [0.15, 0.2) is 0 Å². The van der Waals surface area contributed by atoms with E-state index in [0.717, 1.165) is 37.9 Å². The molecule has 0 bridgehead atoms. The van der Waals surface area contributed by atoms with Gasteiger partial charge in [0.25, 0.3) is 0 Å². The number of likely N-dealkylation sites (tertiary alicyclic amines) is 1. The van der Waals surface area contributed by atoms with Gasteiger partial charge in [-0.1, -0.05) is 39.2 Å². The first-order valence-electron chi connectivity index (χ1n) is 17.7. The fraction of sp³-hybridized carbons (Fsp3) is 0.853. The predicted molar refractivity (Wildman–Crippen MR) is 180 cm³/mol. The molecule has 4 heterocycles. The lowest BCUT2D eigenvalue weighted by molar-refractivity contribution is -0.139. The zero-order valence-electron chi connectivity index (χ0n) is 28.8. The highest BCUT2D eigenvalue weighted by atomic mass is 19.1. The van der Waals surface area contributed by atoms with E-state index in [2.05, 4.69) is 58.9 Å². The van der Waals surface area contributed by atoms with Crippen molar-refractivity contribution in [2.24, 2.45) is 28.5 Å². The Balaban J connectivity index is 1.42. The first kappa shape index (κ1) is 36.7. The fourth-order valence-electron chi connectivity index (χ4n) is 7.61. The van der Waals surface area contributed by atoms with Gasteiger partial charge >= 0.3 is 0 Å². The minimum Gasteiger partial charge on any atom is -0.372 e. The topological polar surface area (TPSA) is 127 Å². The average molecular weight is 651 g/mol. The Kier molecular flexibility index (Phi) is 13.4. The summed E-state index contributed by atoms with van der Waals surface area (Å²) in [6.07, 6.45) is 4.59. The van der Waals surface area contributed by atoms with Crippen molar-refractivity contribution in [3.8, 4) is 0 Å². The maximum absolute atomic E-state index is 15.6. The normalized spacial score (nSPS) is 33.6. The van der Waals surface area contributed by atoms with Gasteiger partial charge in [0, 0.05) is 62.0 Å². The van der Waals surface area contributed by atoms with E-state index in [0.29, 0.717) is 51.3 Å². The van der Waals surface area contributed by atoms with Crippen LogP contribution in [-0.4, -0.2) is 116 Å². The van der Waals surface area contributed by atoms with Crippen molar-refractivity contribution in [2.75, 3.05) is 52.4 Å². The van der Waals surface area contributed by atoms with Crippen LogP contribution in [0.5, 0.6) is 0 Å². The number of unbranched alkanes of at least 4 members (excludes halogenated alkanes) is 2. The molecule has 3 fully saturated rings. The lowest BCUT2D eigenvalue weighted by Crippen LogP contribution is -2.67. The van der Waals surface area contributed by atoms with E-state index < -0.39 is 36.5 Å². The Morgan fingerprint density at radius 2 is 1.91 bits per heavy atom. The molecule has 7 atom stereocenters. The third kappa shape index (κ3) is 9.70. The fourth-order valence-corrected chi connectivity index (χ4v) is 7.61. The second-order valence-electron chi connectivity index (χ2n) is 14.7. The molecule has 262 valence electrons. The number of carbonyl (C=O) groups excluding carboxylic acids is 2. The molecule has 4 aliphatic rings. The van der Waals surface area contributed by atoms with Crippen LogP contribution < -0.4 is 27.0 Å². The van der Waals surface area contributed by atoms with Crippen molar-refractivity contribution in [1.29, 1.82) is 0 Å². The van der Waals surface area contributed by atoms with Crippen LogP contribution >= 0.6 is 0 Å². The summed E-state index contributed by atoms with van der Waals surface area (Å²) in [7, 11) is 0. The summed E-state index contributed by atoms with van der Waals surface area (Å²) in [5.41, 5.74) is 7.90. The highest BCUT2D eigenvalue weighted by molar-refractivity contribution is 6.04. The number of piperazine rings is 1. The van der Waals surface area contributed by atoms with Crippen molar-refractivity contribution < 1.29 is 18.4 Å². The lowest BCUT2D eigenvalue weighted by atomic mass is 9.89. The number of rotatable bonds is 9. The molecule has 4 aliphatic heterocycles. The second-order valence-corrected chi connectivity index (χ2v) is 14.7. The monoisotopic (exact) mass is 650 g/mol. The molecule has 0 aromatic heterocycles. The van der Waals surface area contributed by atoms with Gasteiger partial charge < -0.3 is 31.9 Å². The summed E-state index contributed by atoms with van der Waals surface area (Å²) in [5, 5.41) is 13.1. The molecule has 0 aliphatic carbocycles. The third-order valence-corrected chi connectivity index (χ3v) is 10.3. The van der Waals surface area contributed by atoms with Crippen LogP contribution in [0.1, 0.15) is 79.6 Å². The molecule has 0 spiro atoms. The average Bonchev–Trinajstić information content (AvgIpc) is 3.01. The van der Waals surface area contributed by atoms with E-state index in [1.54, 1.807) is 6.92 Å². The van der Waals surface area contributed by atoms with Crippen molar-refractivity contribution in [3.63, 3.8) is 0 Å². The van der Waals surface area contributed by atoms with Crippen LogP contribution in [-0.2, 0) is 9.59 Å². The molecule has 0 radical (unpaired) electrons. The molecular formula is C34H60F2N8O2. The summed E-state index contributed by atoms with van der Waals surface area (Å²) in [5.74, 6) is -0.916. The molecule has 46 heavy (non-hydrogen) atoms. The Labute approximate surface area is 275 Å². The van der Waals surface area contributed by atoms with E-state index in [9.17, 15) is 14.0 Å². The lowest BCUT2D eigenvalue weighted by Gasteiger charge is -2.46. The smallest absolute Gasteiger partial charge is 0.232 e. The summed E-state index contributed by atoms with van der Waals surface area (Å²) in [4.78, 5) is 35.9. The number of piperidine rings is 2. The number of halogens is 2. The number of hydrogen-bond acceptors (Lipinski definition) is 8. The van der Waals surface area contributed by atoms with Crippen molar-refractivity contribution >= 4 is 17.5 Å². The molecule has 0 aromatic carbocycles. The number of nitrogens with two attached hydrogens (primary N) is 1. The van der Waals surface area contributed by atoms with E-state index in [1.165, 1.54) is 0 Å². The third-order valence-electron chi connectivity index (χ3n) is 10.3. The number of aliphatic imine (C=N–C) groups is 1. The number of carbonyl (C=O) groups is 2. The molecule has 0 aromatic rings. The minimum atomic E-state index is -1.18. The summed E-state index contributed by atoms with van der Waals surface area (Å²) < 4.78 is 30.4. The van der Waals surface area contributed by atoms with Gasteiger partial charge in [0.1, 0.15) is 18.3 Å². The van der Waals surface area contributed by atoms with Gasteiger partial charge in [-0.05, 0) is 59.0 Å². The first-order chi connectivity index (χ1) is 21.9. The Hall–Kier alpha value is -2.15. The van der Waals surface area contributed by atoms with Gasteiger partial charge in [-0.25, -0.2) is 8.78 Å². The zero-order chi connectivity index (χ0) is 33.4. The molecule has 7 unspecified atom stereocenters. The van der Waals surface area contributed by atoms with E-state index in [1.807, 2.05) is 11.0 Å². The summed E-state index contributed by atoms with van der Waals surface area (Å²) >= 11 is 0. The molecule has 3 saturated heterocycles. The number of allylic oxidation sites excluding steroid dienone is 2. The van der Waals surface area contributed by atoms with Gasteiger partial charge in [-0.15, -0.1) is 0 Å². The first-order valence-corrected chi connectivity index (χ1v) is 17.7. The maximum Gasteiger partial charge on any atom is 0.232 e. The zero-order valence-corrected chi connectivity index (χ0v) is 28.8. The SMILES string of the molecule is CCCCCC(C)/C1=C/CC(F)CN=C(C)C(C(=O)NC2CNCC(F)C2N2CCC(C(=O)N3CCNC(C)(C)C3)CC2)C(N)N1. The van der Waals surface area contributed by atoms with Crippen LogP contribution in [0, 0.1) is 17.8 Å². The maximum atomic E-state index is 15.6. The molecule has 2 amide bonds. The highest BCUT2D eigenvalue weighted by Gasteiger charge is 2.43. The van der Waals surface area contributed by atoms with E-state index >= 15 is 4.39 Å². The number of hydrogen-bond donors (Lipinski definition) is 5. The highest BCUT2D eigenvalue weighted by Crippen LogP contribution is 2.27. The predicted octanol–water partition coefficient (Wildman–Crippen LogP) is 2.50. The van der Waals surface area contributed by atoms with Crippen molar-refractivity contribution in [1.82, 2.24) is 31.1 Å². The van der Waals surface area contributed by atoms with Crippen molar-refractivity contribution in [3.05, 3.63) is 11.8 Å². The minimum absolute atomic E-state index is 0.0321. The van der Waals surface area contributed by atoms with Gasteiger partial charge in [-0.2, -0.15) is 0 Å². The number of nitrogens with zero attached hydrogens (tertiary/aromatic N) is 3. The van der Waals surface area contributed by atoms with Gasteiger partial charge in [0.2, 0.25) is 11.8 Å².